The Labute approximate surface area is 128 Å². The third-order valence-corrected chi connectivity index (χ3v) is 3.28. The largest absolute Gasteiger partial charge is 0.481 e. The van der Waals surface area contributed by atoms with E-state index in [4.69, 9.17) is 9.15 Å². The minimum Gasteiger partial charge on any atom is -0.481 e. The summed E-state index contributed by atoms with van der Waals surface area (Å²) in [6.07, 6.45) is -4.73. The lowest BCUT2D eigenvalue weighted by Crippen LogP contribution is -2.17. The van der Waals surface area contributed by atoms with Crippen LogP contribution in [0.25, 0.3) is 11.0 Å². The van der Waals surface area contributed by atoms with Crippen molar-refractivity contribution in [2.75, 3.05) is 0 Å². The molecule has 0 saturated carbocycles. The van der Waals surface area contributed by atoms with Gasteiger partial charge in [0.2, 0.25) is 5.75 Å². The lowest BCUT2D eigenvalue weighted by atomic mass is 10.1. The van der Waals surface area contributed by atoms with Crippen LogP contribution in [0, 0.1) is 0 Å². The number of benzene rings is 2. The highest BCUT2D eigenvalue weighted by Gasteiger charge is 2.39. The summed E-state index contributed by atoms with van der Waals surface area (Å²) in [6.45, 7) is -0.160. The van der Waals surface area contributed by atoms with E-state index in [-0.39, 0.29) is 17.6 Å². The average molecular weight is 320 g/mol. The highest BCUT2D eigenvalue weighted by molar-refractivity contribution is 5.82. The van der Waals surface area contributed by atoms with Crippen LogP contribution in [0.4, 0.5) is 13.2 Å². The third kappa shape index (κ3) is 3.06. The summed E-state index contributed by atoms with van der Waals surface area (Å²) in [4.78, 5) is 11.9. The number of para-hydroxylation sites is 1. The molecule has 0 spiro atoms. The number of fused-ring (bicyclic) bond motifs is 1. The van der Waals surface area contributed by atoms with Crippen LogP contribution < -0.4 is 10.4 Å². The van der Waals surface area contributed by atoms with Crippen molar-refractivity contribution in [2.45, 2.75) is 12.8 Å². The first-order chi connectivity index (χ1) is 11.0. The van der Waals surface area contributed by atoms with Crippen LogP contribution in [-0.4, -0.2) is 0 Å². The molecule has 23 heavy (non-hydrogen) atoms. The fraction of sp³-hybridized carbons (Fsp3) is 0.118. The summed E-state index contributed by atoms with van der Waals surface area (Å²) >= 11 is 0. The molecule has 3 rings (SSSR count). The highest BCUT2D eigenvalue weighted by atomic mass is 19.4. The first-order valence-electron chi connectivity index (χ1n) is 6.76. The smallest absolute Gasteiger partial charge is 0.420 e. The molecular weight excluding hydrogens is 309 g/mol. The normalized spacial score (nSPS) is 11.6. The molecular formula is C17H11F3O3. The number of ether oxygens (including phenoxy) is 1. The van der Waals surface area contributed by atoms with Crippen molar-refractivity contribution in [1.82, 2.24) is 0 Å². The molecule has 1 aromatic heterocycles. The van der Waals surface area contributed by atoms with Gasteiger partial charge in [-0.1, -0.05) is 48.5 Å². The SMILES string of the molecule is O=c1oc2ccccc2c(C(F)(F)F)c1OCc1ccccc1. The van der Waals surface area contributed by atoms with E-state index in [1.165, 1.54) is 24.3 Å². The van der Waals surface area contributed by atoms with Gasteiger partial charge in [-0.25, -0.2) is 4.79 Å². The van der Waals surface area contributed by atoms with Crippen molar-refractivity contribution in [3.63, 3.8) is 0 Å². The molecule has 0 fully saturated rings. The molecule has 2 aromatic carbocycles. The standard InChI is InChI=1S/C17H11F3O3/c18-17(19,20)14-12-8-4-5-9-13(12)23-16(21)15(14)22-10-11-6-2-1-3-7-11/h1-9H,10H2. The summed E-state index contributed by atoms with van der Waals surface area (Å²) < 4.78 is 50.4. The predicted molar refractivity (Wildman–Crippen MR) is 78.3 cm³/mol. The second-order valence-corrected chi connectivity index (χ2v) is 4.86. The van der Waals surface area contributed by atoms with Gasteiger partial charge in [-0.3, -0.25) is 0 Å². The maximum atomic E-state index is 13.4. The van der Waals surface area contributed by atoms with Crippen LogP contribution in [0.1, 0.15) is 11.1 Å². The van der Waals surface area contributed by atoms with Crippen molar-refractivity contribution >= 4 is 11.0 Å². The first kappa shape index (κ1) is 15.1. The van der Waals surface area contributed by atoms with Gasteiger partial charge < -0.3 is 9.15 Å². The monoisotopic (exact) mass is 320 g/mol. The fourth-order valence-electron chi connectivity index (χ4n) is 2.28. The maximum absolute atomic E-state index is 13.4. The minimum atomic E-state index is -4.73. The van der Waals surface area contributed by atoms with Gasteiger partial charge in [0, 0.05) is 5.39 Å². The zero-order valence-electron chi connectivity index (χ0n) is 11.8. The van der Waals surface area contributed by atoms with E-state index in [0.717, 1.165) is 0 Å². The molecule has 3 nitrogen and oxygen atoms in total. The molecule has 0 aliphatic heterocycles. The Morgan fingerprint density at radius 2 is 1.61 bits per heavy atom. The number of alkyl halides is 3. The van der Waals surface area contributed by atoms with Gasteiger partial charge in [-0.15, -0.1) is 0 Å². The van der Waals surface area contributed by atoms with Gasteiger partial charge in [0.25, 0.3) is 0 Å². The molecule has 0 unspecified atom stereocenters. The predicted octanol–water partition coefficient (Wildman–Crippen LogP) is 4.39. The highest BCUT2D eigenvalue weighted by Crippen LogP contribution is 2.39. The minimum absolute atomic E-state index is 0.128. The molecule has 0 amide bonds. The van der Waals surface area contributed by atoms with Gasteiger partial charge >= 0.3 is 11.8 Å². The lowest BCUT2D eigenvalue weighted by molar-refractivity contribution is -0.138. The Morgan fingerprint density at radius 1 is 0.957 bits per heavy atom. The second-order valence-electron chi connectivity index (χ2n) is 4.86. The Balaban J connectivity index is 2.12. The molecule has 0 aliphatic carbocycles. The lowest BCUT2D eigenvalue weighted by Gasteiger charge is -2.14. The number of hydrogen-bond donors (Lipinski definition) is 0. The van der Waals surface area contributed by atoms with Crippen molar-refractivity contribution < 1.29 is 22.3 Å². The molecule has 0 bridgehead atoms. The Kier molecular flexibility index (Phi) is 3.82. The van der Waals surface area contributed by atoms with Gasteiger partial charge in [0.15, 0.2) is 0 Å². The van der Waals surface area contributed by atoms with E-state index in [1.807, 2.05) is 0 Å². The van der Waals surface area contributed by atoms with E-state index in [0.29, 0.717) is 5.56 Å². The first-order valence-corrected chi connectivity index (χ1v) is 6.76. The second kappa shape index (κ2) is 5.79. The third-order valence-electron chi connectivity index (χ3n) is 3.28. The van der Waals surface area contributed by atoms with Crippen molar-refractivity contribution in [3.05, 3.63) is 76.1 Å². The fourth-order valence-corrected chi connectivity index (χ4v) is 2.28. The van der Waals surface area contributed by atoms with E-state index in [2.05, 4.69) is 0 Å². The maximum Gasteiger partial charge on any atom is 0.420 e. The molecule has 0 atom stereocenters. The van der Waals surface area contributed by atoms with Gasteiger partial charge in [-0.05, 0) is 11.6 Å². The van der Waals surface area contributed by atoms with Gasteiger partial charge in [0.05, 0.1) is 0 Å². The Hall–Kier alpha value is -2.76. The molecule has 3 aromatic rings. The number of hydrogen-bond acceptors (Lipinski definition) is 3. The summed E-state index contributed by atoms with van der Waals surface area (Å²) in [5, 5.41) is -0.206. The molecule has 0 saturated heterocycles. The van der Waals surface area contributed by atoms with Crippen LogP contribution >= 0.6 is 0 Å². The van der Waals surface area contributed by atoms with E-state index < -0.39 is 23.1 Å². The van der Waals surface area contributed by atoms with E-state index in [9.17, 15) is 18.0 Å². The van der Waals surface area contributed by atoms with Crippen LogP contribution in [0.2, 0.25) is 0 Å². The quantitative estimate of drug-likeness (QED) is 0.672. The number of halogens is 3. The zero-order valence-corrected chi connectivity index (χ0v) is 11.8. The molecule has 0 N–H and O–H groups in total. The summed E-state index contributed by atoms with van der Waals surface area (Å²) in [5.41, 5.74) is -1.74. The van der Waals surface area contributed by atoms with Crippen LogP contribution in [0.3, 0.4) is 0 Å². The van der Waals surface area contributed by atoms with Gasteiger partial charge in [-0.2, -0.15) is 13.2 Å². The molecule has 0 aliphatic rings. The van der Waals surface area contributed by atoms with Crippen LogP contribution in [-0.2, 0) is 12.8 Å². The Morgan fingerprint density at radius 3 is 2.30 bits per heavy atom. The van der Waals surface area contributed by atoms with E-state index >= 15 is 0 Å². The van der Waals surface area contributed by atoms with Gasteiger partial charge in [0.1, 0.15) is 17.8 Å². The Bertz CT molecular complexity index is 883. The summed E-state index contributed by atoms with van der Waals surface area (Å²) in [5.74, 6) is -0.819. The van der Waals surface area contributed by atoms with E-state index in [1.54, 1.807) is 30.3 Å². The van der Waals surface area contributed by atoms with Crippen molar-refractivity contribution in [3.8, 4) is 5.75 Å². The average Bonchev–Trinajstić information content (AvgIpc) is 2.52. The van der Waals surface area contributed by atoms with Crippen molar-refractivity contribution in [2.24, 2.45) is 0 Å². The van der Waals surface area contributed by atoms with Crippen LogP contribution in [0.15, 0.2) is 63.8 Å². The molecule has 1 heterocycles. The molecule has 118 valence electrons. The topological polar surface area (TPSA) is 39.4 Å². The zero-order chi connectivity index (χ0) is 16.4. The van der Waals surface area contributed by atoms with Crippen molar-refractivity contribution in [1.29, 1.82) is 0 Å². The summed E-state index contributed by atoms with van der Waals surface area (Å²) in [7, 11) is 0. The molecule has 6 heteroatoms. The molecule has 0 radical (unpaired) electrons. The number of rotatable bonds is 3. The van der Waals surface area contributed by atoms with Crippen LogP contribution in [0.5, 0.6) is 5.75 Å². The summed E-state index contributed by atoms with van der Waals surface area (Å²) in [6, 6.07) is 14.1.